The van der Waals surface area contributed by atoms with E-state index in [0.717, 1.165) is 0 Å². The summed E-state index contributed by atoms with van der Waals surface area (Å²) in [6, 6.07) is 13.9. The molecule has 0 aliphatic carbocycles. The van der Waals surface area contributed by atoms with Crippen LogP contribution in [0.15, 0.2) is 59.5 Å². The summed E-state index contributed by atoms with van der Waals surface area (Å²) in [5.41, 5.74) is 0.676. The molecule has 0 aromatic heterocycles. The number of rotatable bonds is 6. The number of methoxy groups -OCH3 is 1. The normalized spacial score (nSPS) is 12.6. The summed E-state index contributed by atoms with van der Waals surface area (Å²) >= 11 is 5.77. The summed E-state index contributed by atoms with van der Waals surface area (Å²) < 4.78 is 32.2. The summed E-state index contributed by atoms with van der Waals surface area (Å²) in [4.78, 5) is 11.7. The first kappa shape index (κ1) is 17.5. The number of carbonyl (C=O) groups excluding carboxylic acids is 1. The lowest BCUT2D eigenvalue weighted by Crippen LogP contribution is -2.30. The molecule has 0 fully saturated rings. The van der Waals surface area contributed by atoms with E-state index in [-0.39, 0.29) is 11.3 Å². The van der Waals surface area contributed by atoms with Crippen LogP contribution in [0, 0.1) is 0 Å². The lowest BCUT2D eigenvalue weighted by atomic mass is 10.1. The van der Waals surface area contributed by atoms with Gasteiger partial charge in [-0.15, -0.1) is 0 Å². The van der Waals surface area contributed by atoms with Crippen LogP contribution in [0.3, 0.4) is 0 Å². The molecule has 1 atom stereocenters. The molecule has 122 valence electrons. The summed E-state index contributed by atoms with van der Waals surface area (Å²) in [5.74, 6) is -0.502. The topological polar surface area (TPSA) is 72.5 Å². The average Bonchev–Trinajstić information content (AvgIpc) is 2.55. The summed E-state index contributed by atoms with van der Waals surface area (Å²) in [5, 5.41) is 0.443. The fourth-order valence-electron chi connectivity index (χ4n) is 2.03. The van der Waals surface area contributed by atoms with Crippen LogP contribution in [-0.2, 0) is 19.6 Å². The third kappa shape index (κ3) is 4.79. The second kappa shape index (κ2) is 7.59. The van der Waals surface area contributed by atoms with Gasteiger partial charge in [-0.2, -0.15) is 0 Å². The molecule has 2 aromatic rings. The molecule has 0 aliphatic rings. The predicted molar refractivity (Wildman–Crippen MR) is 87.6 cm³/mol. The van der Waals surface area contributed by atoms with Gasteiger partial charge in [0.1, 0.15) is 0 Å². The van der Waals surface area contributed by atoms with Gasteiger partial charge in [-0.1, -0.05) is 41.9 Å². The molecule has 2 rings (SSSR count). The van der Waals surface area contributed by atoms with Crippen LogP contribution >= 0.6 is 11.6 Å². The number of sulfonamides is 1. The maximum Gasteiger partial charge on any atom is 0.307 e. The van der Waals surface area contributed by atoms with Crippen LogP contribution < -0.4 is 4.72 Å². The van der Waals surface area contributed by atoms with Crippen LogP contribution in [0.4, 0.5) is 0 Å². The third-order valence-corrected chi connectivity index (χ3v) is 4.96. The third-order valence-electron chi connectivity index (χ3n) is 3.22. The van der Waals surface area contributed by atoms with Gasteiger partial charge in [-0.05, 0) is 29.8 Å². The number of hydrogen-bond acceptors (Lipinski definition) is 4. The SMILES string of the molecule is COC(=O)CC(NS(=O)(=O)c1ccc(Cl)cc1)c1ccccc1. The van der Waals surface area contributed by atoms with Crippen LogP contribution in [0.2, 0.25) is 5.02 Å². The van der Waals surface area contributed by atoms with Crippen molar-refractivity contribution < 1.29 is 17.9 Å². The summed E-state index contributed by atoms with van der Waals surface area (Å²) in [7, 11) is -2.53. The highest BCUT2D eigenvalue weighted by atomic mass is 35.5. The zero-order chi connectivity index (χ0) is 16.9. The molecule has 0 radical (unpaired) electrons. The van der Waals surface area contributed by atoms with Crippen LogP contribution in [0.1, 0.15) is 18.0 Å². The van der Waals surface area contributed by atoms with Crippen LogP contribution in [0.5, 0.6) is 0 Å². The predicted octanol–water partition coefficient (Wildman–Crippen LogP) is 2.92. The minimum Gasteiger partial charge on any atom is -0.469 e. The maximum absolute atomic E-state index is 12.5. The maximum atomic E-state index is 12.5. The van der Waals surface area contributed by atoms with E-state index in [0.29, 0.717) is 10.6 Å². The number of halogens is 1. The summed E-state index contributed by atoms with van der Waals surface area (Å²) in [6.07, 6.45) is -0.104. The second-order valence-corrected chi connectivity index (χ2v) is 6.97. The lowest BCUT2D eigenvalue weighted by Gasteiger charge is -2.18. The van der Waals surface area contributed by atoms with Crippen molar-refractivity contribution in [3.05, 3.63) is 65.2 Å². The van der Waals surface area contributed by atoms with Crippen molar-refractivity contribution in [2.75, 3.05) is 7.11 Å². The zero-order valence-corrected chi connectivity index (χ0v) is 14.0. The molecule has 0 amide bonds. The van der Waals surface area contributed by atoms with Gasteiger partial charge in [0, 0.05) is 5.02 Å². The highest BCUT2D eigenvalue weighted by Gasteiger charge is 2.24. The molecule has 23 heavy (non-hydrogen) atoms. The van der Waals surface area contributed by atoms with E-state index in [9.17, 15) is 13.2 Å². The Balaban J connectivity index is 2.29. The molecule has 0 aliphatic heterocycles. The Kier molecular flexibility index (Phi) is 5.76. The van der Waals surface area contributed by atoms with Crippen LogP contribution in [-0.4, -0.2) is 21.5 Å². The molecule has 1 unspecified atom stereocenters. The Bertz CT molecular complexity index is 760. The summed E-state index contributed by atoms with van der Waals surface area (Å²) in [6.45, 7) is 0. The number of esters is 1. The molecule has 0 heterocycles. The van der Waals surface area contributed by atoms with Crippen molar-refractivity contribution in [1.82, 2.24) is 4.72 Å². The first-order chi connectivity index (χ1) is 10.9. The monoisotopic (exact) mass is 353 g/mol. The first-order valence-electron chi connectivity index (χ1n) is 6.82. The molecule has 2 aromatic carbocycles. The molecular formula is C16H16ClNO4S. The number of hydrogen-bond donors (Lipinski definition) is 1. The van der Waals surface area contributed by atoms with Gasteiger partial charge in [0.15, 0.2) is 0 Å². The largest absolute Gasteiger partial charge is 0.469 e. The standard InChI is InChI=1S/C16H16ClNO4S/c1-22-16(19)11-15(12-5-3-2-4-6-12)18-23(20,21)14-9-7-13(17)8-10-14/h2-10,15,18H,11H2,1H3. The minimum absolute atomic E-state index is 0.0766. The molecular weight excluding hydrogens is 338 g/mol. The number of ether oxygens (including phenoxy) is 1. The Morgan fingerprint density at radius 1 is 1.13 bits per heavy atom. The van der Waals surface area contributed by atoms with Gasteiger partial charge in [0.05, 0.1) is 24.5 Å². The van der Waals surface area contributed by atoms with E-state index in [2.05, 4.69) is 9.46 Å². The van der Waals surface area contributed by atoms with Gasteiger partial charge in [0.25, 0.3) is 0 Å². The van der Waals surface area contributed by atoms with E-state index in [1.165, 1.54) is 31.4 Å². The van der Waals surface area contributed by atoms with E-state index in [1.54, 1.807) is 24.3 Å². The number of carbonyl (C=O) groups is 1. The number of nitrogens with one attached hydrogen (secondary N) is 1. The fourth-order valence-corrected chi connectivity index (χ4v) is 3.38. The molecule has 7 heteroatoms. The Morgan fingerprint density at radius 3 is 2.30 bits per heavy atom. The Labute approximate surface area is 140 Å². The lowest BCUT2D eigenvalue weighted by molar-refractivity contribution is -0.141. The number of benzene rings is 2. The van der Waals surface area contributed by atoms with E-state index in [4.69, 9.17) is 11.6 Å². The van der Waals surface area contributed by atoms with Crippen molar-refractivity contribution in [2.45, 2.75) is 17.4 Å². The average molecular weight is 354 g/mol. The van der Waals surface area contributed by atoms with Gasteiger partial charge in [-0.3, -0.25) is 4.79 Å². The molecule has 1 N–H and O–H groups in total. The minimum atomic E-state index is -3.79. The van der Waals surface area contributed by atoms with Crippen molar-refractivity contribution >= 4 is 27.6 Å². The van der Waals surface area contributed by atoms with Crippen molar-refractivity contribution in [2.24, 2.45) is 0 Å². The Hall–Kier alpha value is -1.89. The van der Waals surface area contributed by atoms with Gasteiger partial charge < -0.3 is 4.74 Å². The van der Waals surface area contributed by atoms with E-state index in [1.807, 2.05) is 6.07 Å². The van der Waals surface area contributed by atoms with Crippen molar-refractivity contribution in [3.63, 3.8) is 0 Å². The molecule has 0 spiro atoms. The molecule has 0 saturated carbocycles. The van der Waals surface area contributed by atoms with E-state index < -0.39 is 22.0 Å². The fraction of sp³-hybridized carbons (Fsp3) is 0.188. The highest BCUT2D eigenvalue weighted by Crippen LogP contribution is 2.21. The van der Waals surface area contributed by atoms with Crippen molar-refractivity contribution in [3.8, 4) is 0 Å². The highest BCUT2D eigenvalue weighted by molar-refractivity contribution is 7.89. The van der Waals surface area contributed by atoms with Gasteiger partial charge in [-0.25, -0.2) is 13.1 Å². The molecule has 0 saturated heterocycles. The van der Waals surface area contributed by atoms with Crippen LogP contribution in [0.25, 0.3) is 0 Å². The smallest absolute Gasteiger partial charge is 0.307 e. The Morgan fingerprint density at radius 2 is 1.74 bits per heavy atom. The second-order valence-electron chi connectivity index (χ2n) is 4.82. The first-order valence-corrected chi connectivity index (χ1v) is 8.68. The van der Waals surface area contributed by atoms with Gasteiger partial charge >= 0.3 is 5.97 Å². The quantitative estimate of drug-likeness (QED) is 0.810. The van der Waals surface area contributed by atoms with Crippen molar-refractivity contribution in [1.29, 1.82) is 0 Å². The zero-order valence-electron chi connectivity index (χ0n) is 12.4. The molecule has 0 bridgehead atoms. The van der Waals surface area contributed by atoms with Gasteiger partial charge in [0.2, 0.25) is 10.0 Å². The van der Waals surface area contributed by atoms with E-state index >= 15 is 0 Å². The molecule has 5 nitrogen and oxygen atoms in total.